The summed E-state index contributed by atoms with van der Waals surface area (Å²) in [6.45, 7) is 2.47. The minimum Gasteiger partial charge on any atom is -0.478 e. The van der Waals surface area contributed by atoms with Gasteiger partial charge >= 0.3 is 23.3 Å². The molecular weight excluding hydrogens is 840 g/mol. The number of esters is 2. The number of benzene rings is 4. The van der Waals surface area contributed by atoms with Crippen molar-refractivity contribution >= 4 is 29.2 Å². The molecule has 324 valence electrons. The van der Waals surface area contributed by atoms with Gasteiger partial charge in [-0.05, 0) is 44.2 Å². The van der Waals surface area contributed by atoms with E-state index in [9.17, 15) is 37.5 Å². The third-order valence-corrected chi connectivity index (χ3v) is 9.26. The molecule has 6 aromatic rings. The topological polar surface area (TPSA) is 204 Å². The Hall–Kier alpha value is -7.67. The van der Waals surface area contributed by atoms with Crippen LogP contribution in [0.2, 0.25) is 5.02 Å². The van der Waals surface area contributed by atoms with Gasteiger partial charge in [-0.15, -0.1) is 0 Å². The van der Waals surface area contributed by atoms with Crippen molar-refractivity contribution in [2.75, 3.05) is 33.2 Å². The zero-order valence-electron chi connectivity index (χ0n) is 33.9. The predicted molar refractivity (Wildman–Crippen MR) is 221 cm³/mol. The Bertz CT molecular complexity index is 2730. The summed E-state index contributed by atoms with van der Waals surface area (Å²) in [6.07, 6.45) is 0. The van der Waals surface area contributed by atoms with E-state index in [2.05, 4.69) is 9.47 Å². The molecule has 20 heteroatoms. The van der Waals surface area contributed by atoms with E-state index < -0.39 is 46.1 Å². The number of halogens is 3. The Morgan fingerprint density at radius 3 is 1.42 bits per heavy atom. The van der Waals surface area contributed by atoms with E-state index in [1.165, 1.54) is 49.6 Å². The first-order chi connectivity index (χ1) is 29.4. The van der Waals surface area contributed by atoms with Crippen LogP contribution in [-0.4, -0.2) is 57.6 Å². The van der Waals surface area contributed by atoms with Crippen molar-refractivity contribution in [3.63, 3.8) is 0 Å². The fourth-order valence-corrected chi connectivity index (χ4v) is 5.62. The molecule has 0 bridgehead atoms. The maximum absolute atomic E-state index is 14.7. The molecule has 0 aliphatic heterocycles. The highest BCUT2D eigenvalue weighted by Gasteiger charge is 2.20. The highest BCUT2D eigenvalue weighted by molar-refractivity contribution is 6.32. The van der Waals surface area contributed by atoms with Gasteiger partial charge in [-0.3, -0.25) is 9.59 Å². The minimum atomic E-state index is -0.879. The van der Waals surface area contributed by atoms with Gasteiger partial charge in [0.15, 0.2) is 42.0 Å². The Balaban J connectivity index is 0.000000234. The molecule has 0 fully saturated rings. The number of ether oxygens (including phenoxy) is 6. The number of nitrogen functional groups attached to an aromatic ring is 1. The number of carbonyl (C=O) groups is 2. The Kier molecular flexibility index (Phi) is 14.4. The van der Waals surface area contributed by atoms with E-state index >= 15 is 0 Å². The van der Waals surface area contributed by atoms with Crippen molar-refractivity contribution in [1.82, 2.24) is 18.3 Å². The predicted octanol–water partition coefficient (Wildman–Crippen LogP) is 4.89. The van der Waals surface area contributed by atoms with E-state index in [0.29, 0.717) is 20.5 Å². The molecule has 0 amide bonds. The standard InChI is InChI=1S/C21H18ClFN2O6.C21H20FN3O6/c1-12-8-19(26)25(21(28)24(12)2)15-10-18(13(22)9-14(15)23)31-17-7-5-4-6-16(17)30-11-20(27)29-3;1-12-8-19(26)25(21(28)24(12)2)15-10-18(14(23)9-13(15)22)31-17-7-5-4-6-16(17)30-11-20(27)29-3/h4-10H,11H2,1-3H3;4-10H,11,23H2,1-3H3. The summed E-state index contributed by atoms with van der Waals surface area (Å²) >= 11 is 6.13. The number of rotatable bonds is 12. The Labute approximate surface area is 355 Å². The van der Waals surface area contributed by atoms with Crippen molar-refractivity contribution < 1.29 is 46.8 Å². The van der Waals surface area contributed by atoms with Gasteiger partial charge in [0.05, 0.1) is 36.3 Å². The van der Waals surface area contributed by atoms with Crippen LogP contribution >= 0.6 is 11.6 Å². The first-order valence-electron chi connectivity index (χ1n) is 18.1. The molecule has 4 aromatic carbocycles. The third-order valence-electron chi connectivity index (χ3n) is 8.97. The quantitative estimate of drug-likeness (QED) is 0.129. The normalized spacial score (nSPS) is 10.6. The molecule has 0 unspecified atom stereocenters. The first-order valence-corrected chi connectivity index (χ1v) is 18.4. The summed E-state index contributed by atoms with van der Waals surface area (Å²) < 4.78 is 64.5. The zero-order chi connectivity index (χ0) is 45.4. The Morgan fingerprint density at radius 2 is 0.984 bits per heavy atom. The van der Waals surface area contributed by atoms with Crippen LogP contribution in [0.5, 0.6) is 34.5 Å². The van der Waals surface area contributed by atoms with Crippen molar-refractivity contribution in [3.05, 3.63) is 155 Å². The van der Waals surface area contributed by atoms with Crippen LogP contribution in [0.4, 0.5) is 14.5 Å². The van der Waals surface area contributed by atoms with Crippen LogP contribution in [0.1, 0.15) is 11.4 Å². The van der Waals surface area contributed by atoms with Crippen LogP contribution in [0, 0.1) is 25.5 Å². The van der Waals surface area contributed by atoms with Crippen LogP contribution in [-0.2, 0) is 33.2 Å². The smallest absolute Gasteiger partial charge is 0.343 e. The molecule has 2 heterocycles. The van der Waals surface area contributed by atoms with Gasteiger partial charge in [-0.2, -0.15) is 0 Å². The van der Waals surface area contributed by atoms with Crippen molar-refractivity contribution in [2.24, 2.45) is 14.1 Å². The number of nitrogens with two attached hydrogens (primary N) is 1. The van der Waals surface area contributed by atoms with E-state index in [4.69, 9.17) is 36.3 Å². The van der Waals surface area contributed by atoms with E-state index in [1.54, 1.807) is 62.4 Å². The summed E-state index contributed by atoms with van der Waals surface area (Å²) in [5, 5.41) is -0.0963. The molecule has 0 atom stereocenters. The number of methoxy groups -OCH3 is 2. The number of para-hydroxylation sites is 4. The van der Waals surface area contributed by atoms with Gasteiger partial charge < -0.3 is 43.3 Å². The average molecular weight is 878 g/mol. The number of aromatic nitrogens is 4. The number of hydrogen-bond acceptors (Lipinski definition) is 13. The molecule has 2 aromatic heterocycles. The van der Waals surface area contributed by atoms with Crippen LogP contribution < -0.4 is 47.2 Å². The summed E-state index contributed by atoms with van der Waals surface area (Å²) in [5.41, 5.74) is 3.19. The lowest BCUT2D eigenvalue weighted by molar-refractivity contribution is -0.143. The molecule has 0 radical (unpaired) electrons. The second kappa shape index (κ2) is 19.6. The number of anilines is 1. The summed E-state index contributed by atoms with van der Waals surface area (Å²) in [5.74, 6) is -2.20. The number of nitrogens with zero attached hydrogens (tertiary/aromatic N) is 4. The van der Waals surface area contributed by atoms with E-state index in [1.807, 2.05) is 0 Å². The highest BCUT2D eigenvalue weighted by Crippen LogP contribution is 2.38. The van der Waals surface area contributed by atoms with Crippen molar-refractivity contribution in [2.45, 2.75) is 13.8 Å². The van der Waals surface area contributed by atoms with Crippen LogP contribution in [0.3, 0.4) is 0 Å². The lowest BCUT2D eigenvalue weighted by atomic mass is 10.2. The molecule has 62 heavy (non-hydrogen) atoms. The monoisotopic (exact) mass is 877 g/mol. The van der Waals surface area contributed by atoms with Crippen LogP contribution in [0.25, 0.3) is 11.4 Å². The number of aryl methyl sites for hydroxylation is 2. The summed E-state index contributed by atoms with van der Waals surface area (Å²) in [6, 6.07) is 19.4. The van der Waals surface area contributed by atoms with Gasteiger partial charge in [0.2, 0.25) is 0 Å². The number of carbonyl (C=O) groups excluding carboxylic acids is 2. The first kappa shape index (κ1) is 45.4. The van der Waals surface area contributed by atoms with Crippen molar-refractivity contribution in [1.29, 1.82) is 0 Å². The fraction of sp³-hybridized carbons (Fsp3) is 0.190. The SMILES string of the molecule is COC(=O)COc1ccccc1Oc1cc(-n2c(=O)cc(C)n(C)c2=O)c(F)cc1Cl.COC(=O)COc1ccccc1Oc1cc(-n2c(=O)cc(C)n(C)c2=O)c(F)cc1N. The van der Waals surface area contributed by atoms with Gasteiger partial charge in [-0.25, -0.2) is 37.1 Å². The maximum atomic E-state index is 14.7. The summed E-state index contributed by atoms with van der Waals surface area (Å²) in [4.78, 5) is 72.6. The molecule has 0 aliphatic carbocycles. The summed E-state index contributed by atoms with van der Waals surface area (Å²) in [7, 11) is 5.39. The molecule has 17 nitrogen and oxygen atoms in total. The zero-order valence-corrected chi connectivity index (χ0v) is 34.7. The van der Waals surface area contributed by atoms with Crippen LogP contribution in [0.15, 0.2) is 104 Å². The van der Waals surface area contributed by atoms with E-state index in [0.717, 1.165) is 24.3 Å². The molecule has 0 saturated carbocycles. The van der Waals surface area contributed by atoms with Crippen molar-refractivity contribution in [3.8, 4) is 45.9 Å². The molecular formula is C42H38ClF2N5O12. The fourth-order valence-electron chi connectivity index (χ4n) is 5.44. The minimum absolute atomic E-state index is 0.0138. The highest BCUT2D eigenvalue weighted by atomic mass is 35.5. The molecule has 0 aliphatic rings. The average Bonchev–Trinajstić information content (AvgIpc) is 3.24. The lowest BCUT2D eigenvalue weighted by Crippen LogP contribution is -2.38. The van der Waals surface area contributed by atoms with E-state index in [-0.39, 0.29) is 69.8 Å². The van der Waals surface area contributed by atoms with Gasteiger partial charge in [0.1, 0.15) is 17.4 Å². The number of hydrogen-bond donors (Lipinski definition) is 1. The second-order valence-corrected chi connectivity index (χ2v) is 13.4. The van der Waals surface area contributed by atoms with Gasteiger partial charge in [0, 0.05) is 55.8 Å². The molecule has 6 rings (SSSR count). The van der Waals surface area contributed by atoms with Gasteiger partial charge in [-0.1, -0.05) is 35.9 Å². The molecule has 0 saturated heterocycles. The largest absolute Gasteiger partial charge is 0.478 e. The Morgan fingerprint density at radius 1 is 0.597 bits per heavy atom. The maximum Gasteiger partial charge on any atom is 0.343 e. The second-order valence-electron chi connectivity index (χ2n) is 13.0. The third kappa shape index (κ3) is 10.2. The molecule has 2 N–H and O–H groups in total. The molecule has 0 spiro atoms. The lowest BCUT2D eigenvalue weighted by Gasteiger charge is -2.15. The van der Waals surface area contributed by atoms with Gasteiger partial charge in [0.25, 0.3) is 11.1 Å².